The lowest BCUT2D eigenvalue weighted by molar-refractivity contribution is -0.160. The highest BCUT2D eigenvalue weighted by Gasteiger charge is 2.57. The van der Waals surface area contributed by atoms with Crippen molar-refractivity contribution in [3.63, 3.8) is 0 Å². The van der Waals surface area contributed by atoms with E-state index < -0.39 is 45.6 Å². The third-order valence-corrected chi connectivity index (χ3v) is 7.28. The normalized spacial score (nSPS) is 24.7. The summed E-state index contributed by atoms with van der Waals surface area (Å²) >= 11 is 5.10. The molecular weight excluding hydrogens is 440 g/mol. The van der Waals surface area contributed by atoms with Crippen LogP contribution in [-0.4, -0.2) is 85.6 Å². The molecule has 1 heterocycles. The van der Waals surface area contributed by atoms with E-state index in [2.05, 4.69) is 17.4 Å². The third-order valence-electron chi connectivity index (χ3n) is 3.14. The van der Waals surface area contributed by atoms with Crippen molar-refractivity contribution in [2.24, 2.45) is 11.5 Å². The molecule has 5 atom stereocenters. The largest absolute Gasteiger partial charge is 0.480 e. The van der Waals surface area contributed by atoms with Gasteiger partial charge in [-0.1, -0.05) is 33.3 Å². The molecule has 1 aliphatic heterocycles. The first-order valence-corrected chi connectivity index (χ1v) is 11.5. The molecule has 14 heteroatoms. The van der Waals surface area contributed by atoms with Gasteiger partial charge in [-0.15, -0.1) is 0 Å². The lowest BCUT2D eigenvalue weighted by Crippen LogP contribution is -2.38. The van der Waals surface area contributed by atoms with Crippen LogP contribution in [0.4, 0.5) is 0 Å². The number of ether oxygens (including phenoxy) is 2. The van der Waals surface area contributed by atoms with E-state index in [-0.39, 0.29) is 31.1 Å². The molecule has 0 aromatic carbocycles. The van der Waals surface area contributed by atoms with Gasteiger partial charge in [0.25, 0.3) is 0 Å². The summed E-state index contributed by atoms with van der Waals surface area (Å²) < 4.78 is 9.80. The summed E-state index contributed by atoms with van der Waals surface area (Å²) in [6.07, 6.45) is -0.101. The highest BCUT2D eigenvalue weighted by atomic mass is 33.1. The summed E-state index contributed by atoms with van der Waals surface area (Å²) in [6.45, 7) is -0.132. The quantitative estimate of drug-likeness (QED) is 0.0471. The molecule has 0 radical (unpaired) electrons. The van der Waals surface area contributed by atoms with Crippen molar-refractivity contribution in [3.8, 4) is 0 Å². The van der Waals surface area contributed by atoms with Crippen LogP contribution in [-0.2, 0) is 23.9 Å². The predicted molar refractivity (Wildman–Crippen MR) is 106 cm³/mol. The van der Waals surface area contributed by atoms with E-state index in [4.69, 9.17) is 26.4 Å². The number of carbonyl (C=O) groups is 3. The fraction of sp³-hybridized carbons (Fsp3) is 0.769. The van der Waals surface area contributed by atoms with Crippen LogP contribution >= 0.6 is 46.0 Å². The smallest absolute Gasteiger partial charge is 0.331 e. The molecule has 0 spiro atoms. The van der Waals surface area contributed by atoms with Crippen molar-refractivity contribution in [3.05, 3.63) is 0 Å². The molecule has 0 amide bonds. The van der Waals surface area contributed by atoms with Crippen LogP contribution in [0.15, 0.2) is 0 Å². The Balaban J connectivity index is 2.28. The summed E-state index contributed by atoms with van der Waals surface area (Å²) in [7, 11) is 2.27. The first kappa shape index (κ1) is 24.8. The monoisotopic (exact) mass is 462 g/mol. The van der Waals surface area contributed by atoms with Crippen LogP contribution < -0.4 is 11.5 Å². The van der Waals surface area contributed by atoms with Crippen molar-refractivity contribution in [2.45, 2.75) is 34.1 Å². The molecule has 7 N–H and O–H groups in total. The number of aliphatic carboxylic acids is 1. The van der Waals surface area contributed by atoms with E-state index in [1.54, 1.807) is 0 Å². The van der Waals surface area contributed by atoms with Crippen LogP contribution in [0.5, 0.6) is 0 Å². The number of hydrogen-bond acceptors (Lipinski definition) is 13. The minimum atomic E-state index is -1.32. The van der Waals surface area contributed by atoms with E-state index in [1.807, 2.05) is 0 Å². The number of thiol groups is 1. The number of carbonyl (C=O) groups excluding carboxylic acids is 2. The Hall–Kier alpha value is -0.190. The predicted octanol–water partition coefficient (Wildman–Crippen LogP) is -1.36. The van der Waals surface area contributed by atoms with Crippen molar-refractivity contribution in [1.29, 1.82) is 0 Å². The zero-order valence-corrected chi connectivity index (χ0v) is 17.4. The SMILES string of the molecule is NC(CSSC[C@H](N)C(=O)OC(=O)C(S)CC1(O)SC1OCCO)C(=O)O. The van der Waals surface area contributed by atoms with Crippen LogP contribution in [0.25, 0.3) is 0 Å². The number of rotatable bonds is 13. The lowest BCUT2D eigenvalue weighted by Gasteiger charge is -2.15. The molecule has 1 saturated heterocycles. The van der Waals surface area contributed by atoms with Crippen LogP contribution in [0, 0.1) is 0 Å². The van der Waals surface area contributed by atoms with Gasteiger partial charge in [-0.3, -0.25) is 9.59 Å². The van der Waals surface area contributed by atoms with E-state index in [0.29, 0.717) is 0 Å². The van der Waals surface area contributed by atoms with Crippen molar-refractivity contribution >= 4 is 63.9 Å². The number of esters is 2. The maximum absolute atomic E-state index is 11.9. The second kappa shape index (κ2) is 11.7. The molecule has 27 heavy (non-hydrogen) atoms. The summed E-state index contributed by atoms with van der Waals surface area (Å²) in [5, 5.41) is 26.4. The fourth-order valence-electron chi connectivity index (χ4n) is 1.61. The maximum atomic E-state index is 11.9. The van der Waals surface area contributed by atoms with Crippen LogP contribution in [0.1, 0.15) is 6.42 Å². The zero-order valence-electron chi connectivity index (χ0n) is 14.1. The summed E-state index contributed by atoms with van der Waals surface area (Å²) in [6, 6.07) is -2.11. The average Bonchev–Trinajstić information content (AvgIpc) is 3.25. The standard InChI is InChI=1S/C13H22N2O8S4/c14-6(9(17)18)4-25-26-5-7(15)10(19)23-11(20)8(24)3-13(21)12(27-13)22-2-1-16/h6-8,12,16,21,24H,1-5,14-15H2,(H,17,18)/t6?,7-,8?,12?,13?/m0/s1. The first-order valence-electron chi connectivity index (χ1n) is 7.65. The maximum Gasteiger partial charge on any atom is 0.331 e. The van der Waals surface area contributed by atoms with E-state index in [0.717, 1.165) is 33.3 Å². The number of carboxylic acids is 1. The third kappa shape index (κ3) is 8.79. The van der Waals surface area contributed by atoms with Gasteiger partial charge in [0.15, 0.2) is 0 Å². The molecule has 156 valence electrons. The number of hydrogen-bond donors (Lipinski definition) is 6. The average molecular weight is 463 g/mol. The Morgan fingerprint density at radius 3 is 2.33 bits per heavy atom. The van der Waals surface area contributed by atoms with Crippen molar-refractivity contribution < 1.29 is 39.2 Å². The molecule has 1 rings (SSSR count). The van der Waals surface area contributed by atoms with E-state index in [1.165, 1.54) is 0 Å². The molecule has 10 nitrogen and oxygen atoms in total. The molecule has 4 unspecified atom stereocenters. The Kier molecular flexibility index (Phi) is 10.8. The lowest BCUT2D eigenvalue weighted by atomic mass is 10.2. The highest BCUT2D eigenvalue weighted by Crippen LogP contribution is 2.55. The van der Waals surface area contributed by atoms with Gasteiger partial charge in [0.2, 0.25) is 0 Å². The van der Waals surface area contributed by atoms with Gasteiger partial charge in [0.05, 0.1) is 13.2 Å². The molecule has 1 fully saturated rings. The van der Waals surface area contributed by atoms with Gasteiger partial charge >= 0.3 is 17.9 Å². The first-order chi connectivity index (χ1) is 12.6. The van der Waals surface area contributed by atoms with Crippen LogP contribution in [0.3, 0.4) is 0 Å². The molecule has 1 aliphatic rings. The van der Waals surface area contributed by atoms with E-state index >= 15 is 0 Å². The second-order valence-electron chi connectivity index (χ2n) is 5.47. The minimum absolute atomic E-state index is 0.0576. The summed E-state index contributed by atoms with van der Waals surface area (Å²) in [5.41, 5.74) is 10.4. The van der Waals surface area contributed by atoms with Gasteiger partial charge in [-0.05, 0) is 0 Å². The van der Waals surface area contributed by atoms with Gasteiger partial charge in [0.1, 0.15) is 27.7 Å². The molecule has 0 saturated carbocycles. The summed E-state index contributed by atoms with van der Waals surface area (Å²) in [4.78, 5) is 33.0. The Bertz CT molecular complexity index is 542. The number of aliphatic hydroxyl groups excluding tert-OH is 1. The van der Waals surface area contributed by atoms with Crippen LogP contribution in [0.2, 0.25) is 0 Å². The topological polar surface area (TPSA) is 182 Å². The van der Waals surface area contributed by atoms with Gasteiger partial charge in [0, 0.05) is 17.9 Å². The number of thioether (sulfide) groups is 1. The molecule has 0 aliphatic carbocycles. The summed E-state index contributed by atoms with van der Waals surface area (Å²) in [5.74, 6) is -2.78. The number of nitrogens with two attached hydrogens (primary N) is 2. The zero-order chi connectivity index (χ0) is 20.6. The Labute approximate surface area is 173 Å². The molecule has 0 aromatic heterocycles. The number of aliphatic hydroxyl groups is 2. The van der Waals surface area contributed by atoms with Crippen molar-refractivity contribution in [2.75, 3.05) is 24.7 Å². The van der Waals surface area contributed by atoms with Gasteiger partial charge in [-0.25, -0.2) is 4.79 Å². The number of carboxylic acid groups (broad SMARTS) is 1. The Morgan fingerprint density at radius 1 is 1.19 bits per heavy atom. The fourth-order valence-corrected chi connectivity index (χ4v) is 5.18. The van der Waals surface area contributed by atoms with Crippen molar-refractivity contribution in [1.82, 2.24) is 0 Å². The Morgan fingerprint density at radius 2 is 1.78 bits per heavy atom. The van der Waals surface area contributed by atoms with Gasteiger partial charge in [-0.2, -0.15) is 12.6 Å². The minimum Gasteiger partial charge on any atom is -0.480 e. The molecular formula is C13H22N2O8S4. The second-order valence-corrected chi connectivity index (χ2v) is 10.0. The molecule has 0 bridgehead atoms. The van der Waals surface area contributed by atoms with E-state index in [9.17, 15) is 19.5 Å². The highest BCUT2D eigenvalue weighted by molar-refractivity contribution is 8.76. The van der Waals surface area contributed by atoms with Gasteiger partial charge < -0.3 is 36.3 Å². The molecule has 0 aromatic rings.